The second-order valence-electron chi connectivity index (χ2n) is 2.29. The van der Waals surface area contributed by atoms with Crippen molar-refractivity contribution >= 4 is 0 Å². The summed E-state index contributed by atoms with van der Waals surface area (Å²) in [6.07, 6.45) is 0.725. The molecular formula is C7H12N2O2. The summed E-state index contributed by atoms with van der Waals surface area (Å²) in [5.74, 6) is 0.692. The van der Waals surface area contributed by atoms with Crippen molar-refractivity contribution in [2.45, 2.75) is 13.3 Å². The number of nitrogens with zero attached hydrogens (tertiary/aromatic N) is 2. The van der Waals surface area contributed by atoms with E-state index in [4.69, 9.17) is 4.74 Å². The fourth-order valence-electron chi connectivity index (χ4n) is 1.01. The second kappa shape index (κ2) is 2.82. The highest BCUT2D eigenvalue weighted by atomic mass is 16.5. The lowest BCUT2D eigenvalue weighted by Gasteiger charge is -1.95. The van der Waals surface area contributed by atoms with Crippen molar-refractivity contribution < 1.29 is 9.84 Å². The zero-order valence-electron chi connectivity index (χ0n) is 6.96. The SMILES string of the molecule is CCc1c(OC)nn(C)c1O. The second-order valence-corrected chi connectivity index (χ2v) is 2.29. The fourth-order valence-corrected chi connectivity index (χ4v) is 1.01. The van der Waals surface area contributed by atoms with E-state index in [0.29, 0.717) is 5.88 Å². The van der Waals surface area contributed by atoms with E-state index < -0.39 is 0 Å². The van der Waals surface area contributed by atoms with Gasteiger partial charge in [-0.15, -0.1) is 5.10 Å². The van der Waals surface area contributed by atoms with Crippen molar-refractivity contribution in [2.75, 3.05) is 7.11 Å². The molecule has 4 nitrogen and oxygen atoms in total. The van der Waals surface area contributed by atoms with Gasteiger partial charge in [-0.2, -0.15) is 0 Å². The minimum Gasteiger partial charge on any atom is -0.493 e. The topological polar surface area (TPSA) is 47.3 Å². The average Bonchev–Trinajstić information content (AvgIpc) is 2.28. The molecule has 0 bridgehead atoms. The van der Waals surface area contributed by atoms with E-state index >= 15 is 0 Å². The summed E-state index contributed by atoms with van der Waals surface area (Å²) in [4.78, 5) is 0. The molecule has 0 saturated carbocycles. The van der Waals surface area contributed by atoms with E-state index in [1.165, 1.54) is 4.68 Å². The smallest absolute Gasteiger partial charge is 0.239 e. The Morgan fingerprint density at radius 2 is 2.27 bits per heavy atom. The number of aryl methyl sites for hydroxylation is 1. The summed E-state index contributed by atoms with van der Waals surface area (Å²) in [7, 11) is 3.22. The molecule has 0 amide bonds. The summed E-state index contributed by atoms with van der Waals surface area (Å²) in [6.45, 7) is 1.94. The van der Waals surface area contributed by atoms with Crippen LogP contribution in [0.5, 0.6) is 11.8 Å². The Morgan fingerprint density at radius 3 is 2.64 bits per heavy atom. The first-order chi connectivity index (χ1) is 5.20. The van der Waals surface area contributed by atoms with Gasteiger partial charge in [-0.25, -0.2) is 4.68 Å². The van der Waals surface area contributed by atoms with Crippen LogP contribution in [0, 0.1) is 0 Å². The third-order valence-electron chi connectivity index (χ3n) is 1.62. The number of rotatable bonds is 2. The first-order valence-electron chi connectivity index (χ1n) is 3.49. The number of aromatic hydroxyl groups is 1. The lowest BCUT2D eigenvalue weighted by atomic mass is 10.2. The van der Waals surface area contributed by atoms with Crippen LogP contribution in [0.4, 0.5) is 0 Å². The van der Waals surface area contributed by atoms with Gasteiger partial charge in [-0.3, -0.25) is 0 Å². The Hall–Kier alpha value is -1.19. The minimum absolute atomic E-state index is 0.185. The Morgan fingerprint density at radius 1 is 1.64 bits per heavy atom. The average molecular weight is 156 g/mol. The fraction of sp³-hybridized carbons (Fsp3) is 0.571. The molecule has 0 unspecified atom stereocenters. The van der Waals surface area contributed by atoms with Crippen LogP contribution < -0.4 is 4.74 Å². The van der Waals surface area contributed by atoms with Crippen LogP contribution in [-0.2, 0) is 13.5 Å². The van der Waals surface area contributed by atoms with Gasteiger partial charge >= 0.3 is 0 Å². The predicted octanol–water partition coefficient (Wildman–Crippen LogP) is 0.697. The Kier molecular flexibility index (Phi) is 2.03. The predicted molar refractivity (Wildman–Crippen MR) is 40.8 cm³/mol. The number of methoxy groups -OCH3 is 1. The van der Waals surface area contributed by atoms with Crippen LogP contribution in [0.1, 0.15) is 12.5 Å². The van der Waals surface area contributed by atoms with Crippen molar-refractivity contribution in [1.82, 2.24) is 9.78 Å². The van der Waals surface area contributed by atoms with E-state index in [1.54, 1.807) is 14.2 Å². The van der Waals surface area contributed by atoms with Gasteiger partial charge in [0, 0.05) is 7.05 Å². The molecule has 11 heavy (non-hydrogen) atoms. The molecule has 0 aliphatic carbocycles. The summed E-state index contributed by atoms with van der Waals surface area (Å²) in [5, 5.41) is 13.3. The summed E-state index contributed by atoms with van der Waals surface area (Å²) < 4.78 is 6.35. The van der Waals surface area contributed by atoms with Crippen molar-refractivity contribution in [3.63, 3.8) is 0 Å². The highest BCUT2D eigenvalue weighted by Crippen LogP contribution is 2.25. The Labute approximate surface area is 65.4 Å². The number of hydrogen-bond acceptors (Lipinski definition) is 3. The zero-order chi connectivity index (χ0) is 8.43. The maximum Gasteiger partial charge on any atom is 0.239 e. The molecule has 0 spiro atoms. The molecule has 1 aromatic heterocycles. The lowest BCUT2D eigenvalue weighted by Crippen LogP contribution is -1.89. The van der Waals surface area contributed by atoms with Crippen molar-refractivity contribution in [3.05, 3.63) is 5.56 Å². The van der Waals surface area contributed by atoms with E-state index in [1.807, 2.05) is 6.92 Å². The third kappa shape index (κ3) is 1.15. The largest absolute Gasteiger partial charge is 0.493 e. The monoisotopic (exact) mass is 156 g/mol. The number of aromatic nitrogens is 2. The number of ether oxygens (including phenoxy) is 1. The molecular weight excluding hydrogens is 144 g/mol. The molecule has 0 fully saturated rings. The molecule has 62 valence electrons. The minimum atomic E-state index is 0.185. The lowest BCUT2D eigenvalue weighted by molar-refractivity contribution is 0.387. The molecule has 0 atom stereocenters. The zero-order valence-corrected chi connectivity index (χ0v) is 6.96. The van der Waals surface area contributed by atoms with E-state index in [0.717, 1.165) is 12.0 Å². The molecule has 1 N–H and O–H groups in total. The molecule has 0 saturated heterocycles. The normalized spacial score (nSPS) is 10.1. The van der Waals surface area contributed by atoms with Gasteiger partial charge in [-0.1, -0.05) is 6.92 Å². The van der Waals surface area contributed by atoms with Gasteiger partial charge < -0.3 is 9.84 Å². The van der Waals surface area contributed by atoms with Crippen molar-refractivity contribution in [3.8, 4) is 11.8 Å². The van der Waals surface area contributed by atoms with Gasteiger partial charge in [0.15, 0.2) is 0 Å². The van der Waals surface area contributed by atoms with Gasteiger partial charge in [0.2, 0.25) is 11.8 Å². The van der Waals surface area contributed by atoms with Crippen LogP contribution >= 0.6 is 0 Å². The molecule has 1 heterocycles. The summed E-state index contributed by atoms with van der Waals surface area (Å²) >= 11 is 0. The number of hydrogen-bond donors (Lipinski definition) is 1. The molecule has 1 aromatic rings. The molecule has 0 aliphatic heterocycles. The van der Waals surface area contributed by atoms with Crippen LogP contribution in [0.25, 0.3) is 0 Å². The van der Waals surface area contributed by atoms with Gasteiger partial charge in [-0.05, 0) is 6.42 Å². The highest BCUT2D eigenvalue weighted by molar-refractivity contribution is 5.34. The molecule has 0 radical (unpaired) electrons. The van der Waals surface area contributed by atoms with Crippen LogP contribution in [0.2, 0.25) is 0 Å². The van der Waals surface area contributed by atoms with Gasteiger partial charge in [0.05, 0.1) is 12.7 Å². The van der Waals surface area contributed by atoms with Gasteiger partial charge in [0.1, 0.15) is 0 Å². The van der Waals surface area contributed by atoms with Crippen LogP contribution in [0.15, 0.2) is 0 Å². The molecule has 1 rings (SSSR count). The van der Waals surface area contributed by atoms with Crippen molar-refractivity contribution in [1.29, 1.82) is 0 Å². The van der Waals surface area contributed by atoms with E-state index in [2.05, 4.69) is 5.10 Å². The molecule has 0 aromatic carbocycles. The first-order valence-corrected chi connectivity index (χ1v) is 3.49. The van der Waals surface area contributed by atoms with E-state index in [9.17, 15) is 5.11 Å². The molecule has 4 heteroatoms. The summed E-state index contributed by atoms with van der Waals surface area (Å²) in [6, 6.07) is 0. The Balaban J connectivity index is 3.15. The third-order valence-corrected chi connectivity index (χ3v) is 1.62. The maximum absolute atomic E-state index is 9.37. The highest BCUT2D eigenvalue weighted by Gasteiger charge is 2.12. The molecule has 0 aliphatic rings. The van der Waals surface area contributed by atoms with Gasteiger partial charge in [0.25, 0.3) is 0 Å². The first kappa shape index (κ1) is 7.91. The van der Waals surface area contributed by atoms with Crippen LogP contribution in [-0.4, -0.2) is 22.0 Å². The maximum atomic E-state index is 9.37. The quantitative estimate of drug-likeness (QED) is 0.685. The van der Waals surface area contributed by atoms with E-state index in [-0.39, 0.29) is 5.88 Å². The Bertz CT molecular complexity index is 255. The summed E-state index contributed by atoms with van der Waals surface area (Å²) in [5.41, 5.74) is 0.759. The van der Waals surface area contributed by atoms with Crippen LogP contribution in [0.3, 0.4) is 0 Å². The van der Waals surface area contributed by atoms with Crippen molar-refractivity contribution in [2.24, 2.45) is 7.05 Å². The standard InChI is InChI=1S/C7H12N2O2/c1-4-5-6(11-3)8-9(2)7(5)10/h10H,4H2,1-3H3.